The van der Waals surface area contributed by atoms with Gasteiger partial charge in [-0.05, 0) is 25.0 Å². The third kappa shape index (κ3) is 5.95. The Labute approximate surface area is 187 Å². The van der Waals surface area contributed by atoms with Crippen molar-refractivity contribution in [3.05, 3.63) is 33.9 Å². The predicted molar refractivity (Wildman–Crippen MR) is 119 cm³/mol. The Balaban J connectivity index is 1.54. The average Bonchev–Trinajstić information content (AvgIpc) is 2.81. The topological polar surface area (TPSA) is 125 Å². The SMILES string of the molecule is CC(=O)N1CCN(c2ccc(C(=O)NCCNC(=O)C3CCCCC3)cc2[N+](=O)[O-])CC1. The van der Waals surface area contributed by atoms with Gasteiger partial charge in [-0.1, -0.05) is 19.3 Å². The first-order valence-electron chi connectivity index (χ1n) is 11.2. The van der Waals surface area contributed by atoms with E-state index in [1.807, 2.05) is 4.90 Å². The summed E-state index contributed by atoms with van der Waals surface area (Å²) in [5.74, 6) is -0.343. The number of nitro benzene ring substituents is 1. The highest BCUT2D eigenvalue weighted by atomic mass is 16.6. The van der Waals surface area contributed by atoms with Crippen molar-refractivity contribution in [2.24, 2.45) is 5.92 Å². The van der Waals surface area contributed by atoms with Crippen LogP contribution in [0.1, 0.15) is 49.4 Å². The molecule has 2 N–H and O–H groups in total. The van der Waals surface area contributed by atoms with E-state index in [4.69, 9.17) is 0 Å². The Morgan fingerprint density at radius 1 is 1.03 bits per heavy atom. The zero-order chi connectivity index (χ0) is 23.1. The van der Waals surface area contributed by atoms with Gasteiger partial charge < -0.3 is 20.4 Å². The molecule has 10 heteroatoms. The molecular formula is C22H31N5O5. The summed E-state index contributed by atoms with van der Waals surface area (Å²) >= 11 is 0. The molecule has 2 fully saturated rings. The Morgan fingerprint density at radius 3 is 2.31 bits per heavy atom. The molecule has 1 aromatic carbocycles. The lowest BCUT2D eigenvalue weighted by Crippen LogP contribution is -2.48. The van der Waals surface area contributed by atoms with Gasteiger partial charge in [0.05, 0.1) is 4.92 Å². The lowest BCUT2D eigenvalue weighted by atomic mass is 9.89. The number of anilines is 1. The monoisotopic (exact) mass is 445 g/mol. The fraction of sp³-hybridized carbons (Fsp3) is 0.591. The van der Waals surface area contributed by atoms with Crippen LogP contribution in [-0.2, 0) is 9.59 Å². The molecule has 0 unspecified atom stereocenters. The molecule has 1 saturated heterocycles. The van der Waals surface area contributed by atoms with Gasteiger partial charge in [-0.2, -0.15) is 0 Å². The second-order valence-electron chi connectivity index (χ2n) is 8.34. The molecule has 0 atom stereocenters. The van der Waals surface area contributed by atoms with Crippen LogP contribution >= 0.6 is 0 Å². The zero-order valence-corrected chi connectivity index (χ0v) is 18.5. The molecular weight excluding hydrogens is 414 g/mol. The maximum absolute atomic E-state index is 12.5. The lowest BCUT2D eigenvalue weighted by molar-refractivity contribution is -0.384. The van der Waals surface area contributed by atoms with Gasteiger partial charge >= 0.3 is 0 Å². The number of rotatable bonds is 7. The second-order valence-corrected chi connectivity index (χ2v) is 8.34. The van der Waals surface area contributed by atoms with E-state index in [2.05, 4.69) is 10.6 Å². The van der Waals surface area contributed by atoms with Crippen LogP contribution in [0.4, 0.5) is 11.4 Å². The van der Waals surface area contributed by atoms with E-state index in [1.165, 1.54) is 19.4 Å². The molecule has 2 aliphatic rings. The van der Waals surface area contributed by atoms with Crippen LogP contribution in [0.5, 0.6) is 0 Å². The van der Waals surface area contributed by atoms with Gasteiger partial charge in [-0.15, -0.1) is 0 Å². The minimum absolute atomic E-state index is 0.0129. The first-order valence-corrected chi connectivity index (χ1v) is 11.2. The van der Waals surface area contributed by atoms with E-state index in [9.17, 15) is 24.5 Å². The van der Waals surface area contributed by atoms with Crippen LogP contribution in [0.3, 0.4) is 0 Å². The fourth-order valence-electron chi connectivity index (χ4n) is 4.31. The fourth-order valence-corrected chi connectivity index (χ4v) is 4.31. The highest BCUT2D eigenvalue weighted by molar-refractivity contribution is 5.95. The van der Waals surface area contributed by atoms with Crippen LogP contribution in [-0.4, -0.2) is 66.8 Å². The van der Waals surface area contributed by atoms with E-state index in [0.29, 0.717) is 38.4 Å². The molecule has 10 nitrogen and oxygen atoms in total. The first kappa shape index (κ1) is 23.5. The number of hydrogen-bond acceptors (Lipinski definition) is 6. The number of nitrogens with one attached hydrogen (secondary N) is 2. The van der Waals surface area contributed by atoms with Crippen molar-refractivity contribution in [1.82, 2.24) is 15.5 Å². The molecule has 174 valence electrons. The molecule has 32 heavy (non-hydrogen) atoms. The molecule has 0 radical (unpaired) electrons. The molecule has 1 aliphatic carbocycles. The number of amides is 3. The molecule has 3 amide bonds. The highest BCUT2D eigenvalue weighted by Gasteiger charge is 2.26. The lowest BCUT2D eigenvalue weighted by Gasteiger charge is -2.35. The molecule has 3 rings (SSSR count). The number of carbonyl (C=O) groups excluding carboxylic acids is 3. The minimum Gasteiger partial charge on any atom is -0.362 e. The largest absolute Gasteiger partial charge is 0.362 e. The van der Waals surface area contributed by atoms with Gasteiger partial charge in [0.2, 0.25) is 11.8 Å². The van der Waals surface area contributed by atoms with Crippen molar-refractivity contribution < 1.29 is 19.3 Å². The van der Waals surface area contributed by atoms with Gasteiger partial charge in [0.15, 0.2) is 0 Å². The summed E-state index contributed by atoms with van der Waals surface area (Å²) in [5.41, 5.74) is 0.496. The van der Waals surface area contributed by atoms with Gasteiger partial charge in [0.25, 0.3) is 11.6 Å². The zero-order valence-electron chi connectivity index (χ0n) is 18.5. The molecule has 0 aromatic heterocycles. The molecule has 1 aliphatic heterocycles. The number of benzene rings is 1. The summed E-state index contributed by atoms with van der Waals surface area (Å²) in [6.45, 7) is 4.07. The molecule has 1 heterocycles. The van der Waals surface area contributed by atoms with Crippen LogP contribution in [0.15, 0.2) is 18.2 Å². The summed E-state index contributed by atoms with van der Waals surface area (Å²) in [7, 11) is 0. The highest BCUT2D eigenvalue weighted by Crippen LogP contribution is 2.30. The van der Waals surface area contributed by atoms with Gasteiger partial charge in [0, 0.05) is 63.7 Å². The van der Waals surface area contributed by atoms with Crippen LogP contribution in [0, 0.1) is 16.0 Å². The summed E-state index contributed by atoms with van der Waals surface area (Å²) in [6, 6.07) is 4.43. The molecule has 1 saturated carbocycles. The quantitative estimate of drug-likeness (QED) is 0.374. The smallest absolute Gasteiger partial charge is 0.293 e. The number of carbonyl (C=O) groups is 3. The van der Waals surface area contributed by atoms with Gasteiger partial charge in [-0.3, -0.25) is 24.5 Å². The first-order chi connectivity index (χ1) is 15.4. The number of piperazine rings is 1. The van der Waals surface area contributed by atoms with Crippen molar-refractivity contribution in [2.75, 3.05) is 44.2 Å². The van der Waals surface area contributed by atoms with Crippen molar-refractivity contribution in [3.8, 4) is 0 Å². The van der Waals surface area contributed by atoms with Crippen molar-refractivity contribution in [2.45, 2.75) is 39.0 Å². The Kier molecular flexibility index (Phi) is 8.02. The van der Waals surface area contributed by atoms with E-state index < -0.39 is 10.8 Å². The number of nitro groups is 1. The van der Waals surface area contributed by atoms with Gasteiger partial charge in [-0.25, -0.2) is 0 Å². The van der Waals surface area contributed by atoms with Crippen LogP contribution < -0.4 is 15.5 Å². The minimum atomic E-state index is -0.492. The number of hydrogen-bond donors (Lipinski definition) is 2. The Hall–Kier alpha value is -3.17. The Bertz CT molecular complexity index is 860. The van der Waals surface area contributed by atoms with Crippen LogP contribution in [0.2, 0.25) is 0 Å². The van der Waals surface area contributed by atoms with E-state index in [0.717, 1.165) is 25.7 Å². The van der Waals surface area contributed by atoms with E-state index in [-0.39, 0.29) is 35.5 Å². The predicted octanol–water partition coefficient (Wildman–Crippen LogP) is 1.69. The maximum Gasteiger partial charge on any atom is 0.293 e. The summed E-state index contributed by atoms with van der Waals surface area (Å²) in [5, 5.41) is 17.2. The summed E-state index contributed by atoms with van der Waals surface area (Å²) in [6.07, 6.45) is 5.17. The average molecular weight is 446 g/mol. The standard InChI is InChI=1S/C22H31N5O5/c1-16(28)25-11-13-26(14-12-25)19-8-7-18(15-20(19)27(31)32)22(30)24-10-9-23-21(29)17-5-3-2-4-6-17/h7-8,15,17H,2-6,9-14H2,1H3,(H,23,29)(H,24,30). The van der Waals surface area contributed by atoms with Crippen molar-refractivity contribution >= 4 is 29.1 Å². The molecule has 0 bridgehead atoms. The van der Waals surface area contributed by atoms with E-state index >= 15 is 0 Å². The molecule has 1 aromatic rings. The van der Waals surface area contributed by atoms with Crippen molar-refractivity contribution in [3.63, 3.8) is 0 Å². The molecule has 0 spiro atoms. The summed E-state index contributed by atoms with van der Waals surface area (Å²) < 4.78 is 0. The third-order valence-corrected chi connectivity index (χ3v) is 6.19. The number of nitrogens with zero attached hydrogens (tertiary/aromatic N) is 3. The maximum atomic E-state index is 12.5. The van der Waals surface area contributed by atoms with Gasteiger partial charge in [0.1, 0.15) is 5.69 Å². The summed E-state index contributed by atoms with van der Waals surface area (Å²) in [4.78, 5) is 50.8. The normalized spacial score (nSPS) is 17.0. The second kappa shape index (κ2) is 10.9. The van der Waals surface area contributed by atoms with Crippen LogP contribution in [0.25, 0.3) is 0 Å². The third-order valence-electron chi connectivity index (χ3n) is 6.19. The van der Waals surface area contributed by atoms with E-state index in [1.54, 1.807) is 17.0 Å². The van der Waals surface area contributed by atoms with Crippen molar-refractivity contribution in [1.29, 1.82) is 0 Å². The Morgan fingerprint density at radius 2 is 1.69 bits per heavy atom.